The summed E-state index contributed by atoms with van der Waals surface area (Å²) in [6.07, 6.45) is 5.65. The molecule has 11 nitrogen and oxygen atoms in total. The van der Waals surface area contributed by atoms with E-state index < -0.39 is 17.2 Å². The number of anilines is 2. The summed E-state index contributed by atoms with van der Waals surface area (Å²) in [5, 5.41) is 23.9. The number of carboxylic acid groups (broad SMARTS) is 1. The summed E-state index contributed by atoms with van der Waals surface area (Å²) in [7, 11) is 5.45. The van der Waals surface area contributed by atoms with Crippen molar-refractivity contribution in [3.8, 4) is 17.2 Å². The molecular formula is C30H27FN8O3. The highest BCUT2D eigenvalue weighted by atomic mass is 19.1. The number of H-pyrrole nitrogens is 1. The van der Waals surface area contributed by atoms with E-state index in [2.05, 4.69) is 38.2 Å². The van der Waals surface area contributed by atoms with E-state index in [0.717, 1.165) is 31.7 Å². The van der Waals surface area contributed by atoms with E-state index in [1.807, 2.05) is 0 Å². The minimum atomic E-state index is -1.32. The maximum Gasteiger partial charge on any atom is 0.341 e. The van der Waals surface area contributed by atoms with E-state index in [0.29, 0.717) is 56.4 Å². The Labute approximate surface area is 238 Å². The number of aryl methyl sites for hydroxylation is 1. The molecule has 3 N–H and O–H groups in total. The van der Waals surface area contributed by atoms with Crippen molar-refractivity contribution in [2.45, 2.75) is 12.5 Å². The maximum atomic E-state index is 15.3. The molecular weight excluding hydrogens is 539 g/mol. The standard InChI is InChI=1S/C30H27FN8O3/c1-33-21-7-20(31)17(8-32)23-24-26(39-11-14-4-5-37(2)22(14)13-39)18(10-34-28(24)36-25(21)23)15-6-16-27(40)19(30(41)42)12-38(3)29(16)35-9-15/h6-7,9-10,12,14,22,33H,4-5,11,13H2,1-3H3,(H,34,36)(H,41,42)/t14-,22+/m1/s1. The van der Waals surface area contributed by atoms with Crippen molar-refractivity contribution in [2.24, 2.45) is 13.0 Å². The molecule has 6 heterocycles. The van der Waals surface area contributed by atoms with Crippen molar-refractivity contribution in [1.82, 2.24) is 24.4 Å². The molecule has 7 rings (SSSR count). The predicted molar refractivity (Wildman–Crippen MR) is 157 cm³/mol. The molecule has 0 radical (unpaired) electrons. The molecule has 212 valence electrons. The molecule has 2 aliphatic heterocycles. The molecule has 2 atom stereocenters. The summed E-state index contributed by atoms with van der Waals surface area (Å²) < 4.78 is 16.8. The minimum Gasteiger partial charge on any atom is -0.477 e. The number of likely N-dealkylation sites (N-methyl/N-ethyl adjacent to an activating group) is 1. The van der Waals surface area contributed by atoms with Crippen molar-refractivity contribution in [1.29, 1.82) is 5.26 Å². The normalized spacial score (nSPS) is 18.7. The van der Waals surface area contributed by atoms with Gasteiger partial charge in [0.25, 0.3) is 0 Å². The number of carboxylic acids is 1. The Bertz CT molecular complexity index is 2080. The molecule has 5 aromatic rings. The molecule has 4 aromatic heterocycles. The van der Waals surface area contributed by atoms with E-state index in [9.17, 15) is 20.0 Å². The van der Waals surface area contributed by atoms with Gasteiger partial charge in [0.15, 0.2) is 0 Å². The first-order valence-electron chi connectivity index (χ1n) is 13.6. The van der Waals surface area contributed by atoms with Crippen LogP contribution < -0.4 is 15.6 Å². The fourth-order valence-electron chi connectivity index (χ4n) is 6.85. The second-order valence-electron chi connectivity index (χ2n) is 11.1. The van der Waals surface area contributed by atoms with E-state index in [1.54, 1.807) is 32.6 Å². The van der Waals surface area contributed by atoms with Gasteiger partial charge in [-0.15, -0.1) is 0 Å². The number of nitrogens with one attached hydrogen (secondary N) is 2. The number of rotatable bonds is 4. The first-order chi connectivity index (χ1) is 20.2. The minimum absolute atomic E-state index is 0.0800. The number of hydrogen-bond donors (Lipinski definition) is 3. The Kier molecular flexibility index (Phi) is 5.71. The number of aromatic carboxylic acids is 1. The topological polar surface area (TPSA) is 143 Å². The number of pyridine rings is 3. The third kappa shape index (κ3) is 3.60. The number of halogens is 1. The van der Waals surface area contributed by atoms with Crippen molar-refractivity contribution >= 4 is 50.3 Å². The lowest BCUT2D eigenvalue weighted by Crippen LogP contribution is -2.32. The molecule has 0 aliphatic carbocycles. The number of aromatic nitrogens is 4. The van der Waals surface area contributed by atoms with Crippen molar-refractivity contribution in [2.75, 3.05) is 43.9 Å². The van der Waals surface area contributed by atoms with Crippen LogP contribution in [0, 0.1) is 23.1 Å². The lowest BCUT2D eigenvalue weighted by atomic mass is 9.99. The van der Waals surface area contributed by atoms with E-state index in [-0.39, 0.29) is 16.5 Å². The van der Waals surface area contributed by atoms with Crippen LogP contribution in [0.15, 0.2) is 35.5 Å². The lowest BCUT2D eigenvalue weighted by molar-refractivity contribution is 0.0695. The average molecular weight is 567 g/mol. The molecule has 2 saturated heterocycles. The zero-order valence-corrected chi connectivity index (χ0v) is 23.2. The number of aromatic amines is 1. The number of carbonyl (C=O) groups is 1. The Morgan fingerprint density at radius 1 is 1.21 bits per heavy atom. The van der Waals surface area contributed by atoms with Gasteiger partial charge in [0.1, 0.15) is 28.7 Å². The highest BCUT2D eigenvalue weighted by Gasteiger charge is 2.41. The van der Waals surface area contributed by atoms with Crippen molar-refractivity contribution < 1.29 is 14.3 Å². The lowest BCUT2D eigenvalue weighted by Gasteiger charge is -2.26. The summed E-state index contributed by atoms with van der Waals surface area (Å²) in [6.45, 7) is 2.51. The van der Waals surface area contributed by atoms with Crippen LogP contribution in [0.25, 0.3) is 44.1 Å². The molecule has 0 bridgehead atoms. The number of hydrogen-bond acceptors (Lipinski definition) is 8. The Morgan fingerprint density at radius 2 is 2.02 bits per heavy atom. The van der Waals surface area contributed by atoms with Gasteiger partial charge in [-0.2, -0.15) is 5.26 Å². The van der Waals surface area contributed by atoms with Gasteiger partial charge in [-0.3, -0.25) is 4.79 Å². The predicted octanol–water partition coefficient (Wildman–Crippen LogP) is 3.52. The van der Waals surface area contributed by atoms with E-state index >= 15 is 4.39 Å². The van der Waals surface area contributed by atoms with Crippen LogP contribution in [0.5, 0.6) is 0 Å². The molecule has 0 unspecified atom stereocenters. The molecule has 1 aromatic carbocycles. The third-order valence-electron chi connectivity index (χ3n) is 8.90. The third-order valence-corrected chi connectivity index (χ3v) is 8.90. The molecule has 12 heteroatoms. The first kappa shape index (κ1) is 25.9. The van der Waals surface area contributed by atoms with E-state index in [4.69, 9.17) is 4.98 Å². The number of likely N-dealkylation sites (tertiary alicyclic amines) is 1. The van der Waals surface area contributed by atoms with Crippen LogP contribution >= 0.6 is 0 Å². The molecule has 0 saturated carbocycles. The zero-order valence-electron chi connectivity index (χ0n) is 23.2. The Hall–Kier alpha value is -5.02. The summed E-state index contributed by atoms with van der Waals surface area (Å²) in [5.74, 6) is -1.51. The van der Waals surface area contributed by atoms with Crippen molar-refractivity contribution in [3.63, 3.8) is 0 Å². The fraction of sp³-hybridized carbons (Fsp3) is 0.300. The van der Waals surface area contributed by atoms with Crippen LogP contribution in [0.2, 0.25) is 0 Å². The van der Waals surface area contributed by atoms with Gasteiger partial charge in [-0.1, -0.05) is 0 Å². The van der Waals surface area contributed by atoms with Crippen molar-refractivity contribution in [3.05, 3.63) is 57.9 Å². The quantitative estimate of drug-likeness (QED) is 0.298. The number of nitrogens with zero attached hydrogens (tertiary/aromatic N) is 6. The monoisotopic (exact) mass is 566 g/mol. The largest absolute Gasteiger partial charge is 0.477 e. The fourth-order valence-corrected chi connectivity index (χ4v) is 6.85. The Morgan fingerprint density at radius 3 is 2.74 bits per heavy atom. The van der Waals surface area contributed by atoms with Crippen LogP contribution in [0.4, 0.5) is 15.8 Å². The zero-order chi connectivity index (χ0) is 29.4. The summed E-state index contributed by atoms with van der Waals surface area (Å²) in [4.78, 5) is 42.2. The van der Waals surface area contributed by atoms with Crippen LogP contribution in [-0.2, 0) is 7.05 Å². The van der Waals surface area contributed by atoms with Gasteiger partial charge in [0.2, 0.25) is 5.43 Å². The number of benzene rings is 1. The Balaban J connectivity index is 1.57. The van der Waals surface area contributed by atoms with E-state index in [1.165, 1.54) is 16.8 Å². The van der Waals surface area contributed by atoms with Crippen LogP contribution in [0.3, 0.4) is 0 Å². The SMILES string of the molecule is CNc1cc(F)c(C#N)c2c1[nH]c1ncc(-c3cnc4c(c3)c(=O)c(C(=O)O)cn4C)c(N3C[C@H]4CCN(C)[C@H]4C3)c12. The smallest absolute Gasteiger partial charge is 0.341 e. The summed E-state index contributed by atoms with van der Waals surface area (Å²) >= 11 is 0. The van der Waals surface area contributed by atoms with Gasteiger partial charge < -0.3 is 29.8 Å². The second kappa shape index (κ2) is 9.25. The van der Waals surface area contributed by atoms with Crippen LogP contribution in [0.1, 0.15) is 22.3 Å². The first-order valence-corrected chi connectivity index (χ1v) is 13.6. The highest BCUT2D eigenvalue weighted by Crippen LogP contribution is 2.46. The van der Waals surface area contributed by atoms with Gasteiger partial charge in [0.05, 0.1) is 33.2 Å². The second-order valence-corrected chi connectivity index (χ2v) is 11.1. The average Bonchev–Trinajstić information content (AvgIpc) is 3.68. The molecule has 42 heavy (non-hydrogen) atoms. The molecule has 2 aliphatic rings. The maximum absolute atomic E-state index is 15.3. The molecule has 0 amide bonds. The highest BCUT2D eigenvalue weighted by molar-refractivity contribution is 6.19. The van der Waals surface area contributed by atoms with Crippen LogP contribution in [-0.4, -0.2) is 75.3 Å². The number of nitriles is 1. The molecule has 2 fully saturated rings. The summed E-state index contributed by atoms with van der Waals surface area (Å²) in [5.41, 5.74) is 2.86. The van der Waals surface area contributed by atoms with Gasteiger partial charge in [-0.05, 0) is 32.0 Å². The molecule has 0 spiro atoms. The summed E-state index contributed by atoms with van der Waals surface area (Å²) in [6, 6.07) is 5.34. The van der Waals surface area contributed by atoms with Gasteiger partial charge >= 0.3 is 5.97 Å². The number of fused-ring (bicyclic) bond motifs is 5. The van der Waals surface area contributed by atoms with Gasteiger partial charge in [-0.25, -0.2) is 19.2 Å². The van der Waals surface area contributed by atoms with Gasteiger partial charge in [0, 0.05) is 74.4 Å².